The smallest absolute Gasteiger partial charge is 0.331 e. The maximum Gasteiger partial charge on any atom is 0.416 e. The van der Waals surface area contributed by atoms with Crippen molar-refractivity contribution < 1.29 is 26.4 Å². The number of hydrogen-bond acceptors (Lipinski definition) is 4. The summed E-state index contributed by atoms with van der Waals surface area (Å²) >= 11 is 0. The Morgan fingerprint density at radius 1 is 1.08 bits per heavy atom. The van der Waals surface area contributed by atoms with Crippen LogP contribution in [0.4, 0.5) is 13.2 Å². The summed E-state index contributed by atoms with van der Waals surface area (Å²) < 4.78 is 69.0. The molecule has 2 heterocycles. The third-order valence-corrected chi connectivity index (χ3v) is 7.40. The van der Waals surface area contributed by atoms with Gasteiger partial charge in [-0.05, 0) is 62.2 Å². The van der Waals surface area contributed by atoms with E-state index in [0.29, 0.717) is 0 Å². The molecule has 0 saturated carbocycles. The molecule has 11 heteroatoms. The van der Waals surface area contributed by atoms with Crippen LogP contribution in [0.15, 0.2) is 59.5 Å². The van der Waals surface area contributed by atoms with Gasteiger partial charge in [0.05, 0.1) is 11.3 Å². The van der Waals surface area contributed by atoms with E-state index in [4.69, 9.17) is 0 Å². The number of amides is 1. The highest BCUT2D eigenvalue weighted by Crippen LogP contribution is 2.38. The molecule has 2 aromatic carbocycles. The van der Waals surface area contributed by atoms with E-state index in [0.717, 1.165) is 28.8 Å². The SMILES string of the molecule is CCS(=O)(=O)NC(=O)c1c(-c2ccc[nH]c2=O)c2cc(C(F)(F)F)ccc2n1Cc1ccc(C)cc1C. The second-order valence-electron chi connectivity index (χ2n) is 8.72. The summed E-state index contributed by atoms with van der Waals surface area (Å²) in [5, 5.41) is -0.00432. The van der Waals surface area contributed by atoms with Crippen molar-refractivity contribution >= 4 is 26.8 Å². The third-order valence-electron chi connectivity index (χ3n) is 6.15. The lowest BCUT2D eigenvalue weighted by atomic mass is 10.0. The fourth-order valence-electron chi connectivity index (χ4n) is 4.28. The first-order valence-electron chi connectivity index (χ1n) is 11.3. The number of pyridine rings is 1. The molecule has 0 atom stereocenters. The monoisotopic (exact) mass is 531 g/mol. The normalized spacial score (nSPS) is 12.2. The van der Waals surface area contributed by atoms with Crippen LogP contribution in [0.1, 0.15) is 39.7 Å². The molecule has 37 heavy (non-hydrogen) atoms. The Balaban J connectivity index is 2.12. The molecule has 2 aromatic heterocycles. The second-order valence-corrected chi connectivity index (χ2v) is 10.7. The number of alkyl halides is 3. The van der Waals surface area contributed by atoms with E-state index >= 15 is 0 Å². The van der Waals surface area contributed by atoms with Crippen molar-refractivity contribution in [2.24, 2.45) is 0 Å². The van der Waals surface area contributed by atoms with Crippen LogP contribution in [0.25, 0.3) is 22.0 Å². The Hall–Kier alpha value is -3.86. The molecule has 2 N–H and O–H groups in total. The quantitative estimate of drug-likeness (QED) is 0.375. The zero-order valence-electron chi connectivity index (χ0n) is 20.2. The molecule has 0 fully saturated rings. The van der Waals surface area contributed by atoms with E-state index in [9.17, 15) is 31.2 Å². The number of fused-ring (bicyclic) bond motifs is 1. The summed E-state index contributed by atoms with van der Waals surface area (Å²) in [4.78, 5) is 28.7. The highest BCUT2D eigenvalue weighted by atomic mass is 32.2. The van der Waals surface area contributed by atoms with Crippen molar-refractivity contribution in [3.8, 4) is 11.1 Å². The molecule has 0 aliphatic rings. The number of benzene rings is 2. The molecule has 0 unspecified atom stereocenters. The number of aromatic nitrogens is 2. The van der Waals surface area contributed by atoms with Crippen molar-refractivity contribution in [2.75, 3.05) is 5.75 Å². The highest BCUT2D eigenvalue weighted by molar-refractivity contribution is 7.90. The number of hydrogen-bond donors (Lipinski definition) is 2. The van der Waals surface area contributed by atoms with Gasteiger partial charge in [-0.3, -0.25) is 9.59 Å². The van der Waals surface area contributed by atoms with E-state index in [1.54, 1.807) is 0 Å². The van der Waals surface area contributed by atoms with Gasteiger partial charge >= 0.3 is 6.18 Å². The van der Waals surface area contributed by atoms with Crippen LogP contribution >= 0.6 is 0 Å². The number of nitrogens with zero attached hydrogens (tertiary/aromatic N) is 1. The molecule has 194 valence electrons. The summed E-state index contributed by atoms with van der Waals surface area (Å²) in [6.07, 6.45) is -3.33. The van der Waals surface area contributed by atoms with Gasteiger partial charge in [-0.25, -0.2) is 13.1 Å². The Kier molecular flexibility index (Phi) is 6.76. The number of halogens is 3. The van der Waals surface area contributed by atoms with E-state index in [2.05, 4.69) is 4.98 Å². The fraction of sp³-hybridized carbons (Fsp3) is 0.231. The van der Waals surface area contributed by atoms with Gasteiger partial charge in [-0.2, -0.15) is 13.2 Å². The van der Waals surface area contributed by atoms with Gasteiger partial charge in [0.1, 0.15) is 5.69 Å². The number of aryl methyl sites for hydroxylation is 2. The lowest BCUT2D eigenvalue weighted by Gasteiger charge is -2.14. The molecule has 0 saturated heterocycles. The van der Waals surface area contributed by atoms with E-state index in [1.165, 1.54) is 35.9 Å². The van der Waals surface area contributed by atoms with Crippen molar-refractivity contribution in [3.05, 3.63) is 93.0 Å². The lowest BCUT2D eigenvalue weighted by Crippen LogP contribution is -2.33. The summed E-state index contributed by atoms with van der Waals surface area (Å²) in [5.74, 6) is -1.44. The standard InChI is InChI=1S/C26H24F3N3O4S/c1-4-37(35,36)31-25(34)23-22(19-6-5-11-30-24(19)33)20-13-18(26(27,28)29)9-10-21(20)32(23)14-17-8-7-15(2)12-16(17)3/h5-13H,4,14H2,1-3H3,(H,30,33)(H,31,34). The first kappa shape index (κ1) is 26.2. The van der Waals surface area contributed by atoms with Gasteiger partial charge in [-0.15, -0.1) is 0 Å². The zero-order valence-corrected chi connectivity index (χ0v) is 21.0. The van der Waals surface area contributed by atoms with Crippen LogP contribution in [0.3, 0.4) is 0 Å². The van der Waals surface area contributed by atoms with E-state index < -0.39 is 39.0 Å². The summed E-state index contributed by atoms with van der Waals surface area (Å²) in [6.45, 7) is 5.17. The van der Waals surface area contributed by atoms with Crippen LogP contribution in [0, 0.1) is 13.8 Å². The Bertz CT molecular complexity index is 1690. The minimum atomic E-state index is -4.68. The first-order chi connectivity index (χ1) is 17.3. The van der Waals surface area contributed by atoms with E-state index in [1.807, 2.05) is 36.8 Å². The summed E-state index contributed by atoms with van der Waals surface area (Å²) in [6, 6.07) is 11.5. The van der Waals surface area contributed by atoms with Gasteiger partial charge in [0, 0.05) is 34.8 Å². The number of H-pyrrole nitrogens is 1. The number of rotatable bonds is 6. The van der Waals surface area contributed by atoms with Gasteiger partial charge in [-0.1, -0.05) is 23.8 Å². The number of carbonyl (C=O) groups excluding carboxylic acids is 1. The lowest BCUT2D eigenvalue weighted by molar-refractivity contribution is -0.137. The number of nitrogens with one attached hydrogen (secondary N) is 2. The molecule has 4 aromatic rings. The molecule has 0 bridgehead atoms. The topological polar surface area (TPSA) is 101 Å². The maximum atomic E-state index is 13.7. The van der Waals surface area contributed by atoms with Crippen molar-refractivity contribution in [2.45, 2.75) is 33.5 Å². The summed E-state index contributed by atoms with van der Waals surface area (Å²) in [5.41, 5.74) is 0.888. The van der Waals surface area contributed by atoms with Gasteiger partial charge in [0.15, 0.2) is 0 Å². The number of aromatic amines is 1. The van der Waals surface area contributed by atoms with Crippen LogP contribution < -0.4 is 10.3 Å². The minimum absolute atomic E-state index is 0.00432. The maximum absolute atomic E-state index is 13.7. The van der Waals surface area contributed by atoms with Gasteiger partial charge in [0.2, 0.25) is 10.0 Å². The van der Waals surface area contributed by atoms with Crippen LogP contribution in [-0.2, 0) is 22.7 Å². The van der Waals surface area contributed by atoms with Crippen molar-refractivity contribution in [1.29, 1.82) is 0 Å². The second kappa shape index (κ2) is 9.55. The molecule has 0 aliphatic carbocycles. The van der Waals surface area contributed by atoms with Crippen LogP contribution in [0.5, 0.6) is 0 Å². The van der Waals surface area contributed by atoms with Gasteiger partial charge < -0.3 is 9.55 Å². The summed E-state index contributed by atoms with van der Waals surface area (Å²) in [7, 11) is -4.03. The number of carbonyl (C=O) groups is 1. The minimum Gasteiger partial charge on any atom is -0.331 e. The zero-order chi connectivity index (χ0) is 27.1. The molecular formula is C26H24F3N3O4S. The van der Waals surface area contributed by atoms with Crippen molar-refractivity contribution in [3.63, 3.8) is 0 Å². The Morgan fingerprint density at radius 2 is 1.81 bits per heavy atom. The highest BCUT2D eigenvalue weighted by Gasteiger charge is 2.33. The molecule has 7 nitrogen and oxygen atoms in total. The predicted octanol–water partition coefficient (Wildman–Crippen LogP) is 4.76. The fourth-order valence-corrected chi connectivity index (χ4v) is 4.80. The van der Waals surface area contributed by atoms with Crippen LogP contribution in [-0.4, -0.2) is 29.6 Å². The number of sulfonamides is 1. The van der Waals surface area contributed by atoms with Crippen molar-refractivity contribution in [1.82, 2.24) is 14.3 Å². The first-order valence-corrected chi connectivity index (χ1v) is 13.0. The van der Waals surface area contributed by atoms with Crippen LogP contribution in [0.2, 0.25) is 0 Å². The Labute approximate surface area is 211 Å². The molecule has 1 amide bonds. The average molecular weight is 532 g/mol. The molecular weight excluding hydrogens is 507 g/mol. The van der Waals surface area contributed by atoms with Gasteiger partial charge in [0.25, 0.3) is 11.5 Å². The largest absolute Gasteiger partial charge is 0.416 e. The molecule has 0 spiro atoms. The molecule has 0 radical (unpaired) electrons. The Morgan fingerprint density at radius 3 is 2.43 bits per heavy atom. The average Bonchev–Trinajstić information content (AvgIpc) is 3.14. The third kappa shape index (κ3) is 5.17. The van der Waals surface area contributed by atoms with E-state index in [-0.39, 0.29) is 34.3 Å². The predicted molar refractivity (Wildman–Crippen MR) is 135 cm³/mol. The molecule has 0 aliphatic heterocycles. The molecule has 4 rings (SSSR count).